The summed E-state index contributed by atoms with van der Waals surface area (Å²) in [6.07, 6.45) is 3.99. The number of carbonyl (C=O) groups is 1. The van der Waals surface area contributed by atoms with Gasteiger partial charge in [-0.25, -0.2) is 9.18 Å². The maximum atomic E-state index is 14.6. The van der Waals surface area contributed by atoms with Gasteiger partial charge in [-0.3, -0.25) is 5.04 Å². The fourth-order valence-electron chi connectivity index (χ4n) is 4.83. The van der Waals surface area contributed by atoms with Gasteiger partial charge >= 0.3 is 5.97 Å². The SMILES string of the molecule is CCC(F)(SOO[O-])C(=O)OC12CC3CC(CC(O)(C3)C1)C2. The Morgan fingerprint density at radius 1 is 1.41 bits per heavy atom. The first-order valence-corrected chi connectivity index (χ1v) is 8.35. The zero-order valence-electron chi connectivity index (χ0n) is 12.4. The fraction of sp³-hybridized carbons (Fsp3) is 0.929. The van der Waals surface area contributed by atoms with Gasteiger partial charge in [0.2, 0.25) is 0 Å². The Bertz CT molecular complexity index is 447. The predicted octanol–water partition coefficient (Wildman–Crippen LogP) is 1.56. The van der Waals surface area contributed by atoms with Crippen LogP contribution in [0, 0.1) is 11.8 Å². The summed E-state index contributed by atoms with van der Waals surface area (Å²) in [6, 6.07) is 0. The average molecular weight is 335 g/mol. The van der Waals surface area contributed by atoms with Gasteiger partial charge < -0.3 is 15.1 Å². The van der Waals surface area contributed by atoms with Gasteiger partial charge in [-0.05, 0) is 43.9 Å². The summed E-state index contributed by atoms with van der Waals surface area (Å²) < 4.78 is 24.1. The lowest BCUT2D eigenvalue weighted by molar-refractivity contribution is -0.777. The zero-order chi connectivity index (χ0) is 16.0. The van der Waals surface area contributed by atoms with Gasteiger partial charge in [0, 0.05) is 12.8 Å². The van der Waals surface area contributed by atoms with Crippen LogP contribution in [0.2, 0.25) is 0 Å². The molecule has 0 aliphatic heterocycles. The van der Waals surface area contributed by atoms with Crippen LogP contribution in [0.1, 0.15) is 51.9 Å². The molecule has 4 rings (SSSR count). The number of aliphatic hydroxyl groups is 1. The highest BCUT2D eigenvalue weighted by Crippen LogP contribution is 2.59. The van der Waals surface area contributed by atoms with Gasteiger partial charge in [-0.1, -0.05) is 6.92 Å². The summed E-state index contributed by atoms with van der Waals surface area (Å²) in [5.41, 5.74) is -1.58. The largest absolute Gasteiger partial charge is 0.691 e. The first-order valence-electron chi connectivity index (χ1n) is 7.61. The predicted molar refractivity (Wildman–Crippen MR) is 72.3 cm³/mol. The van der Waals surface area contributed by atoms with E-state index < -0.39 is 22.2 Å². The summed E-state index contributed by atoms with van der Waals surface area (Å²) in [4.78, 5) is 12.3. The third-order valence-electron chi connectivity index (χ3n) is 5.24. The maximum absolute atomic E-state index is 14.6. The molecule has 0 aromatic heterocycles. The van der Waals surface area contributed by atoms with Crippen molar-refractivity contribution in [1.82, 2.24) is 0 Å². The third kappa shape index (κ3) is 2.87. The zero-order valence-corrected chi connectivity index (χ0v) is 13.2. The van der Waals surface area contributed by atoms with Gasteiger partial charge in [0.15, 0.2) is 0 Å². The lowest BCUT2D eigenvalue weighted by Crippen LogP contribution is -2.61. The van der Waals surface area contributed by atoms with Gasteiger partial charge in [0.05, 0.1) is 17.6 Å². The lowest BCUT2D eigenvalue weighted by Gasteiger charge is -2.59. The number of hydrogen-bond donors (Lipinski definition) is 1. The number of esters is 1. The van der Waals surface area contributed by atoms with E-state index in [0.29, 0.717) is 31.1 Å². The normalized spacial score (nSPS) is 42.2. The van der Waals surface area contributed by atoms with Crippen molar-refractivity contribution >= 4 is 18.0 Å². The second kappa shape index (κ2) is 5.59. The summed E-state index contributed by atoms with van der Waals surface area (Å²) >= 11 is 0.0212. The molecule has 4 aliphatic rings. The van der Waals surface area contributed by atoms with Crippen LogP contribution in [0.25, 0.3) is 0 Å². The molecule has 4 aliphatic carbocycles. The molecule has 0 radical (unpaired) electrons. The van der Waals surface area contributed by atoms with E-state index in [0.717, 1.165) is 19.3 Å². The molecule has 1 N–H and O–H groups in total. The highest BCUT2D eigenvalue weighted by molar-refractivity contribution is 7.96. The maximum Gasteiger partial charge on any atom is 0.357 e. The summed E-state index contributed by atoms with van der Waals surface area (Å²) in [5.74, 6) is -0.422. The van der Waals surface area contributed by atoms with Crippen LogP contribution in [0.4, 0.5) is 4.39 Å². The Morgan fingerprint density at radius 3 is 2.55 bits per heavy atom. The van der Waals surface area contributed by atoms with Crippen LogP contribution in [-0.4, -0.2) is 27.3 Å². The second-order valence-corrected chi connectivity index (χ2v) is 8.01. The minimum Gasteiger partial charge on any atom is -0.691 e. The van der Waals surface area contributed by atoms with Crippen molar-refractivity contribution in [3.63, 3.8) is 0 Å². The number of ether oxygens (including phenoxy) is 1. The quantitative estimate of drug-likeness (QED) is 0.341. The van der Waals surface area contributed by atoms with Crippen molar-refractivity contribution in [2.45, 2.75) is 68.1 Å². The summed E-state index contributed by atoms with van der Waals surface area (Å²) in [5, 5.41) is 21.1. The van der Waals surface area contributed by atoms with E-state index in [2.05, 4.69) is 9.37 Å². The molecule has 6 nitrogen and oxygen atoms in total. The second-order valence-electron chi connectivity index (χ2n) is 7.06. The molecule has 0 amide bonds. The number of alkyl halides is 1. The topological polar surface area (TPSA) is 88.0 Å². The van der Waals surface area contributed by atoms with Crippen LogP contribution >= 0.6 is 12.0 Å². The smallest absolute Gasteiger partial charge is 0.357 e. The molecule has 126 valence electrons. The molecule has 0 saturated heterocycles. The monoisotopic (exact) mass is 335 g/mol. The van der Waals surface area contributed by atoms with E-state index >= 15 is 0 Å². The first kappa shape index (κ1) is 16.4. The minimum absolute atomic E-state index is 0.0212. The Hall–Kier alpha value is -0.410. The summed E-state index contributed by atoms with van der Waals surface area (Å²) in [7, 11) is 0. The minimum atomic E-state index is -2.49. The molecular weight excluding hydrogens is 315 g/mol. The van der Waals surface area contributed by atoms with Gasteiger partial charge in [0.25, 0.3) is 5.00 Å². The molecule has 3 unspecified atom stereocenters. The Kier molecular flexibility index (Phi) is 4.18. The molecule has 4 bridgehead atoms. The van der Waals surface area contributed by atoms with Crippen LogP contribution in [0.3, 0.4) is 0 Å². The van der Waals surface area contributed by atoms with Crippen LogP contribution in [0.15, 0.2) is 0 Å². The first-order chi connectivity index (χ1) is 10.3. The van der Waals surface area contributed by atoms with Crippen LogP contribution in [0.5, 0.6) is 0 Å². The van der Waals surface area contributed by atoms with Crippen molar-refractivity contribution < 1.29 is 33.7 Å². The molecule has 0 spiro atoms. The third-order valence-corrected chi connectivity index (χ3v) is 6.08. The van der Waals surface area contributed by atoms with Gasteiger partial charge in [-0.2, -0.15) is 4.33 Å². The van der Waals surface area contributed by atoms with Crippen molar-refractivity contribution in [3.05, 3.63) is 0 Å². The van der Waals surface area contributed by atoms with Crippen LogP contribution < -0.4 is 5.26 Å². The highest BCUT2D eigenvalue weighted by Gasteiger charge is 2.60. The number of halogens is 1. The Balaban J connectivity index is 1.73. The fourth-order valence-corrected chi connectivity index (χ4v) is 5.19. The number of hydrogen-bond acceptors (Lipinski definition) is 7. The molecule has 0 aromatic rings. The van der Waals surface area contributed by atoms with E-state index in [9.17, 15) is 19.5 Å². The molecule has 22 heavy (non-hydrogen) atoms. The van der Waals surface area contributed by atoms with E-state index in [1.54, 1.807) is 0 Å². The summed E-state index contributed by atoms with van der Waals surface area (Å²) in [6.45, 7) is 1.45. The molecule has 3 atom stereocenters. The molecular formula is C14H20FO6S-. The van der Waals surface area contributed by atoms with Crippen molar-refractivity contribution in [3.8, 4) is 0 Å². The van der Waals surface area contributed by atoms with E-state index in [4.69, 9.17) is 4.74 Å². The number of carbonyl (C=O) groups excluding carboxylic acids is 1. The standard InChI is InChI=1S/C14H21FO6S/c1-2-14(15,22-21-20-18)11(16)19-13-6-9-3-10(7-13)5-12(17,4-9)8-13/h9-10,17-18H,2-8H2,1H3/p-1. The van der Waals surface area contributed by atoms with Crippen molar-refractivity contribution in [1.29, 1.82) is 0 Å². The highest BCUT2D eigenvalue weighted by atomic mass is 32.2. The molecule has 0 aromatic carbocycles. The van der Waals surface area contributed by atoms with Crippen LogP contribution in [-0.2, 0) is 18.9 Å². The van der Waals surface area contributed by atoms with Crippen molar-refractivity contribution in [2.24, 2.45) is 11.8 Å². The molecule has 4 fully saturated rings. The van der Waals surface area contributed by atoms with E-state index in [1.807, 2.05) is 0 Å². The number of rotatable bonds is 6. The lowest BCUT2D eigenvalue weighted by atomic mass is 9.52. The van der Waals surface area contributed by atoms with Gasteiger partial charge in [0.1, 0.15) is 5.60 Å². The molecule has 4 saturated carbocycles. The average Bonchev–Trinajstić information content (AvgIpc) is 2.41. The van der Waals surface area contributed by atoms with E-state index in [1.165, 1.54) is 6.92 Å². The van der Waals surface area contributed by atoms with E-state index in [-0.39, 0.29) is 18.5 Å². The van der Waals surface area contributed by atoms with Crippen molar-refractivity contribution in [2.75, 3.05) is 0 Å². The Morgan fingerprint density at radius 2 is 2.05 bits per heavy atom. The molecule has 0 heterocycles. The van der Waals surface area contributed by atoms with Gasteiger partial charge in [-0.15, -0.1) is 0 Å². The Labute approximate surface area is 132 Å². The molecule has 8 heteroatoms.